The zero-order valence-corrected chi connectivity index (χ0v) is 13.3. The second-order valence-corrected chi connectivity index (χ2v) is 7.19. The predicted octanol–water partition coefficient (Wildman–Crippen LogP) is 3.95. The van der Waals surface area contributed by atoms with E-state index in [0.717, 1.165) is 12.3 Å². The fourth-order valence-corrected chi connectivity index (χ4v) is 3.63. The van der Waals surface area contributed by atoms with Gasteiger partial charge in [-0.25, -0.2) is 0 Å². The Morgan fingerprint density at radius 1 is 1.39 bits per heavy atom. The molecule has 1 aliphatic heterocycles. The highest BCUT2D eigenvalue weighted by Gasteiger charge is 2.28. The highest BCUT2D eigenvalue weighted by molar-refractivity contribution is 8.00. The molecule has 0 unspecified atom stereocenters. The number of rotatable bonds is 5. The van der Waals surface area contributed by atoms with E-state index in [0.29, 0.717) is 17.9 Å². The molecule has 0 N–H and O–H groups in total. The van der Waals surface area contributed by atoms with E-state index in [1.54, 1.807) is 0 Å². The molecule has 0 bridgehead atoms. The first-order valence-electron chi connectivity index (χ1n) is 7.48. The van der Waals surface area contributed by atoms with Crippen LogP contribution in [0.1, 0.15) is 59.8 Å². The lowest BCUT2D eigenvalue weighted by Crippen LogP contribution is -2.43. The van der Waals surface area contributed by atoms with Crippen LogP contribution < -0.4 is 0 Å². The Balaban J connectivity index is 2.51. The first-order valence-corrected chi connectivity index (χ1v) is 8.53. The number of likely N-dealkylation sites (tertiary alicyclic amines) is 1. The maximum Gasteiger partial charge on any atom is 0.235 e. The maximum atomic E-state index is 12.5. The van der Waals surface area contributed by atoms with Crippen LogP contribution in [0.25, 0.3) is 0 Å². The van der Waals surface area contributed by atoms with Crippen LogP contribution in [0, 0.1) is 5.92 Å². The van der Waals surface area contributed by atoms with E-state index >= 15 is 0 Å². The topological polar surface area (TPSA) is 20.3 Å². The molecule has 0 aliphatic carbocycles. The van der Waals surface area contributed by atoms with Crippen molar-refractivity contribution in [1.29, 1.82) is 0 Å². The van der Waals surface area contributed by atoms with Crippen LogP contribution in [0.15, 0.2) is 0 Å². The van der Waals surface area contributed by atoms with Gasteiger partial charge in [-0.3, -0.25) is 4.79 Å². The monoisotopic (exact) mass is 271 g/mol. The van der Waals surface area contributed by atoms with Gasteiger partial charge in [-0.15, -0.1) is 11.8 Å². The number of amides is 1. The van der Waals surface area contributed by atoms with Gasteiger partial charge in [-0.2, -0.15) is 0 Å². The summed E-state index contributed by atoms with van der Waals surface area (Å²) in [5, 5.41) is 0.129. The van der Waals surface area contributed by atoms with Crippen LogP contribution in [-0.2, 0) is 4.79 Å². The van der Waals surface area contributed by atoms with Crippen LogP contribution in [0.5, 0.6) is 0 Å². The number of nitrogens with zero attached hydrogens (tertiary/aromatic N) is 1. The number of hydrogen-bond donors (Lipinski definition) is 0. The second-order valence-electron chi connectivity index (χ2n) is 5.74. The minimum absolute atomic E-state index is 0.129. The van der Waals surface area contributed by atoms with Crippen molar-refractivity contribution >= 4 is 17.7 Å². The molecule has 106 valence electrons. The summed E-state index contributed by atoms with van der Waals surface area (Å²) < 4.78 is 0. The number of hydrogen-bond acceptors (Lipinski definition) is 2. The molecule has 2 nitrogen and oxygen atoms in total. The molecule has 0 spiro atoms. The van der Waals surface area contributed by atoms with Crippen LogP contribution in [-0.4, -0.2) is 34.4 Å². The lowest BCUT2D eigenvalue weighted by molar-refractivity contribution is -0.132. The van der Waals surface area contributed by atoms with Gasteiger partial charge in [0.25, 0.3) is 0 Å². The minimum atomic E-state index is 0.129. The molecule has 1 saturated heterocycles. The summed E-state index contributed by atoms with van der Waals surface area (Å²) in [6.45, 7) is 9.71. The number of carbonyl (C=O) groups is 1. The third-order valence-electron chi connectivity index (χ3n) is 3.86. The summed E-state index contributed by atoms with van der Waals surface area (Å²) in [5.74, 6) is 2.13. The van der Waals surface area contributed by atoms with Gasteiger partial charge in [-0.05, 0) is 44.8 Å². The van der Waals surface area contributed by atoms with Gasteiger partial charge in [-0.1, -0.05) is 26.7 Å². The van der Waals surface area contributed by atoms with E-state index in [-0.39, 0.29) is 5.25 Å². The summed E-state index contributed by atoms with van der Waals surface area (Å²) in [6, 6.07) is 0.427. The van der Waals surface area contributed by atoms with E-state index < -0.39 is 0 Å². The third kappa shape index (κ3) is 4.83. The lowest BCUT2D eigenvalue weighted by Gasteiger charge is -2.31. The standard InChI is InChI=1S/C15H29NOS/c1-5-6-10-18-14(4)15(17)16-11-12(2)8-7-9-13(16)3/h12-14H,5-11H2,1-4H3/t12-,13-,14-/m1/s1. The summed E-state index contributed by atoms with van der Waals surface area (Å²) in [6.07, 6.45) is 6.14. The molecule has 1 amide bonds. The highest BCUT2D eigenvalue weighted by atomic mass is 32.2. The Morgan fingerprint density at radius 3 is 2.78 bits per heavy atom. The van der Waals surface area contributed by atoms with Gasteiger partial charge in [0, 0.05) is 12.6 Å². The highest BCUT2D eigenvalue weighted by Crippen LogP contribution is 2.24. The molecule has 0 radical (unpaired) electrons. The van der Waals surface area contributed by atoms with Crippen molar-refractivity contribution in [3.63, 3.8) is 0 Å². The van der Waals surface area contributed by atoms with Gasteiger partial charge < -0.3 is 4.90 Å². The van der Waals surface area contributed by atoms with Crippen molar-refractivity contribution in [2.45, 2.75) is 71.1 Å². The zero-order chi connectivity index (χ0) is 13.5. The SMILES string of the molecule is CCCCS[C@H](C)C(=O)N1C[C@H](C)CCC[C@H]1C. The minimum Gasteiger partial charge on any atom is -0.339 e. The van der Waals surface area contributed by atoms with E-state index in [4.69, 9.17) is 0 Å². The summed E-state index contributed by atoms with van der Waals surface area (Å²) in [5.41, 5.74) is 0. The quantitative estimate of drug-likeness (QED) is 0.706. The van der Waals surface area contributed by atoms with E-state index in [9.17, 15) is 4.79 Å². The summed E-state index contributed by atoms with van der Waals surface area (Å²) in [4.78, 5) is 14.6. The summed E-state index contributed by atoms with van der Waals surface area (Å²) in [7, 11) is 0. The largest absolute Gasteiger partial charge is 0.339 e. The number of thioether (sulfide) groups is 1. The summed E-state index contributed by atoms with van der Waals surface area (Å²) >= 11 is 1.82. The van der Waals surface area contributed by atoms with Gasteiger partial charge in [0.05, 0.1) is 5.25 Å². The van der Waals surface area contributed by atoms with E-state index in [1.807, 2.05) is 11.8 Å². The van der Waals surface area contributed by atoms with Crippen LogP contribution in [0.4, 0.5) is 0 Å². The Labute approximate surface area is 117 Å². The fourth-order valence-electron chi connectivity index (χ4n) is 2.54. The molecule has 0 aromatic carbocycles. The first-order chi connectivity index (χ1) is 8.56. The van der Waals surface area contributed by atoms with Crippen molar-refractivity contribution < 1.29 is 4.79 Å². The lowest BCUT2D eigenvalue weighted by atomic mass is 10.1. The molecular weight excluding hydrogens is 242 g/mol. The van der Waals surface area contributed by atoms with Crippen LogP contribution in [0.2, 0.25) is 0 Å². The molecule has 18 heavy (non-hydrogen) atoms. The van der Waals surface area contributed by atoms with Crippen molar-refractivity contribution in [2.75, 3.05) is 12.3 Å². The smallest absolute Gasteiger partial charge is 0.235 e. The van der Waals surface area contributed by atoms with Crippen molar-refractivity contribution in [1.82, 2.24) is 4.90 Å². The van der Waals surface area contributed by atoms with Crippen LogP contribution >= 0.6 is 11.8 Å². The van der Waals surface area contributed by atoms with Gasteiger partial charge in [0.1, 0.15) is 0 Å². The molecule has 1 fully saturated rings. The Hall–Kier alpha value is -0.180. The molecule has 0 aromatic rings. The Bertz CT molecular complexity index is 257. The molecule has 1 heterocycles. The molecule has 0 aromatic heterocycles. The zero-order valence-electron chi connectivity index (χ0n) is 12.4. The molecule has 1 aliphatic rings. The third-order valence-corrected chi connectivity index (χ3v) is 5.08. The molecule has 3 heteroatoms. The Morgan fingerprint density at radius 2 is 2.11 bits per heavy atom. The Kier molecular flexibility index (Phi) is 7.13. The molecule has 0 saturated carbocycles. The van der Waals surface area contributed by atoms with Crippen molar-refractivity contribution in [2.24, 2.45) is 5.92 Å². The van der Waals surface area contributed by atoms with E-state index in [2.05, 4.69) is 32.6 Å². The molecule has 3 atom stereocenters. The van der Waals surface area contributed by atoms with Gasteiger partial charge in [0.2, 0.25) is 5.91 Å². The first kappa shape index (κ1) is 15.9. The molecule has 1 rings (SSSR count). The van der Waals surface area contributed by atoms with Crippen LogP contribution in [0.3, 0.4) is 0 Å². The maximum absolute atomic E-state index is 12.5. The van der Waals surface area contributed by atoms with Gasteiger partial charge >= 0.3 is 0 Å². The average Bonchev–Trinajstić information content (AvgIpc) is 2.50. The van der Waals surface area contributed by atoms with Crippen molar-refractivity contribution in [3.05, 3.63) is 0 Å². The normalized spacial score (nSPS) is 26.8. The van der Waals surface area contributed by atoms with Crippen molar-refractivity contribution in [3.8, 4) is 0 Å². The molecular formula is C15H29NOS. The fraction of sp³-hybridized carbons (Fsp3) is 0.933. The predicted molar refractivity (Wildman–Crippen MR) is 81.0 cm³/mol. The number of unbranched alkanes of at least 4 members (excludes halogenated alkanes) is 1. The van der Waals surface area contributed by atoms with E-state index in [1.165, 1.54) is 32.1 Å². The second kappa shape index (κ2) is 8.08. The van der Waals surface area contributed by atoms with Gasteiger partial charge in [0.15, 0.2) is 0 Å². The number of carbonyl (C=O) groups excluding carboxylic acids is 1. The average molecular weight is 271 g/mol.